The number of nitrogens with one attached hydrogen (secondary N) is 1. The van der Waals surface area contributed by atoms with Crippen molar-refractivity contribution < 1.29 is 9.53 Å². The van der Waals surface area contributed by atoms with Crippen LogP contribution in [0.15, 0.2) is 60.9 Å². The minimum Gasteiger partial charge on any atom is -0.376 e. The molecule has 27 heavy (non-hydrogen) atoms. The molecular formula is C22H23N3O2. The molecule has 0 aliphatic carbocycles. The number of benzene rings is 2. The van der Waals surface area contributed by atoms with Crippen LogP contribution in [-0.4, -0.2) is 28.2 Å². The van der Waals surface area contributed by atoms with Gasteiger partial charge >= 0.3 is 0 Å². The second-order valence-corrected chi connectivity index (χ2v) is 6.85. The predicted molar refractivity (Wildman–Crippen MR) is 106 cm³/mol. The highest BCUT2D eigenvalue weighted by molar-refractivity contribution is 5.89. The molecule has 0 spiro atoms. The van der Waals surface area contributed by atoms with Crippen molar-refractivity contribution in [2.75, 3.05) is 11.9 Å². The maximum Gasteiger partial charge on any atom is 0.221 e. The van der Waals surface area contributed by atoms with Crippen molar-refractivity contribution in [3.8, 4) is 22.5 Å². The van der Waals surface area contributed by atoms with E-state index in [2.05, 4.69) is 22.0 Å². The highest BCUT2D eigenvalue weighted by Gasteiger charge is 2.20. The molecule has 1 saturated heterocycles. The summed E-state index contributed by atoms with van der Waals surface area (Å²) in [5, 5.41) is 2.82. The molecule has 1 aliphatic heterocycles. The highest BCUT2D eigenvalue weighted by atomic mass is 16.5. The first-order valence-corrected chi connectivity index (χ1v) is 9.31. The SMILES string of the molecule is CC(=O)Nc1ccc(-c2c(-c3ccccc3)ncn2C[C@H]2CCCO2)cc1. The summed E-state index contributed by atoms with van der Waals surface area (Å²) in [5.74, 6) is -0.0730. The van der Waals surface area contributed by atoms with Crippen molar-refractivity contribution >= 4 is 11.6 Å². The fraction of sp³-hybridized carbons (Fsp3) is 0.273. The lowest BCUT2D eigenvalue weighted by atomic mass is 10.0. The monoisotopic (exact) mass is 361 g/mol. The van der Waals surface area contributed by atoms with Gasteiger partial charge in [-0.05, 0) is 25.0 Å². The van der Waals surface area contributed by atoms with E-state index in [9.17, 15) is 4.79 Å². The summed E-state index contributed by atoms with van der Waals surface area (Å²) >= 11 is 0. The van der Waals surface area contributed by atoms with E-state index in [4.69, 9.17) is 9.72 Å². The normalized spacial score (nSPS) is 16.4. The molecule has 3 aromatic rings. The quantitative estimate of drug-likeness (QED) is 0.735. The van der Waals surface area contributed by atoms with Gasteiger partial charge in [-0.2, -0.15) is 0 Å². The molecule has 138 valence electrons. The van der Waals surface area contributed by atoms with Crippen molar-refractivity contribution in [3.63, 3.8) is 0 Å². The van der Waals surface area contributed by atoms with E-state index in [1.807, 2.05) is 48.8 Å². The standard InChI is InChI=1S/C22H23N3O2/c1-16(26)24-19-11-9-18(10-12-19)22-21(17-6-3-2-4-7-17)23-15-25(22)14-20-8-5-13-27-20/h2-4,6-7,9-12,15,20H,5,8,13-14H2,1H3,(H,24,26)/t20-/m1/s1. The number of aromatic nitrogens is 2. The number of hydrogen-bond acceptors (Lipinski definition) is 3. The van der Waals surface area contributed by atoms with E-state index in [1.165, 1.54) is 6.92 Å². The maximum atomic E-state index is 11.3. The summed E-state index contributed by atoms with van der Waals surface area (Å²) in [7, 11) is 0. The number of imidazole rings is 1. The Bertz CT molecular complexity index is 910. The van der Waals surface area contributed by atoms with Crippen LogP contribution in [0.5, 0.6) is 0 Å². The number of hydrogen-bond donors (Lipinski definition) is 1. The maximum absolute atomic E-state index is 11.3. The summed E-state index contributed by atoms with van der Waals surface area (Å²) in [6.45, 7) is 3.15. The van der Waals surface area contributed by atoms with Gasteiger partial charge in [-0.15, -0.1) is 0 Å². The fourth-order valence-electron chi connectivity index (χ4n) is 3.55. The molecule has 5 heteroatoms. The molecule has 2 heterocycles. The fourth-order valence-corrected chi connectivity index (χ4v) is 3.55. The van der Waals surface area contributed by atoms with Crippen molar-refractivity contribution in [1.29, 1.82) is 0 Å². The third-order valence-electron chi connectivity index (χ3n) is 4.79. The number of carbonyl (C=O) groups is 1. The molecule has 1 aliphatic rings. The first-order chi connectivity index (χ1) is 13.2. The summed E-state index contributed by atoms with van der Waals surface area (Å²) in [6, 6.07) is 18.1. The van der Waals surface area contributed by atoms with Gasteiger partial charge < -0.3 is 14.6 Å². The van der Waals surface area contributed by atoms with Crippen LogP contribution in [0.4, 0.5) is 5.69 Å². The van der Waals surface area contributed by atoms with E-state index >= 15 is 0 Å². The number of ether oxygens (including phenoxy) is 1. The molecule has 1 fully saturated rings. The highest BCUT2D eigenvalue weighted by Crippen LogP contribution is 2.32. The molecule has 2 aromatic carbocycles. The Hall–Kier alpha value is -2.92. The zero-order valence-corrected chi connectivity index (χ0v) is 15.4. The number of amides is 1. The van der Waals surface area contributed by atoms with Gasteiger partial charge in [0.25, 0.3) is 0 Å². The van der Waals surface area contributed by atoms with Gasteiger partial charge in [0.1, 0.15) is 0 Å². The molecule has 0 saturated carbocycles. The predicted octanol–water partition coefficient (Wildman–Crippen LogP) is 4.35. The molecular weight excluding hydrogens is 338 g/mol. The van der Waals surface area contributed by atoms with Gasteiger partial charge in [-0.1, -0.05) is 42.5 Å². The van der Waals surface area contributed by atoms with Crippen LogP contribution in [-0.2, 0) is 16.1 Å². The first kappa shape index (κ1) is 17.5. The molecule has 1 aromatic heterocycles. The first-order valence-electron chi connectivity index (χ1n) is 9.31. The molecule has 0 unspecified atom stereocenters. The summed E-state index contributed by atoms with van der Waals surface area (Å²) in [4.78, 5) is 16.0. The Morgan fingerprint density at radius 2 is 1.93 bits per heavy atom. The summed E-state index contributed by atoms with van der Waals surface area (Å²) in [5.41, 5.74) is 4.98. The van der Waals surface area contributed by atoms with Crippen LogP contribution in [0.25, 0.3) is 22.5 Å². The van der Waals surface area contributed by atoms with E-state index < -0.39 is 0 Å². The molecule has 0 radical (unpaired) electrons. The Balaban J connectivity index is 1.73. The lowest BCUT2D eigenvalue weighted by Gasteiger charge is -2.15. The van der Waals surface area contributed by atoms with Crippen LogP contribution in [0.2, 0.25) is 0 Å². The van der Waals surface area contributed by atoms with Gasteiger partial charge in [0.15, 0.2) is 0 Å². The second-order valence-electron chi connectivity index (χ2n) is 6.85. The van der Waals surface area contributed by atoms with Crippen molar-refractivity contribution in [2.45, 2.75) is 32.4 Å². The van der Waals surface area contributed by atoms with Gasteiger partial charge in [0.05, 0.1) is 30.4 Å². The zero-order chi connectivity index (χ0) is 18.6. The van der Waals surface area contributed by atoms with Gasteiger partial charge in [-0.3, -0.25) is 4.79 Å². The molecule has 1 atom stereocenters. The van der Waals surface area contributed by atoms with Gasteiger partial charge in [0.2, 0.25) is 5.91 Å². The average molecular weight is 361 g/mol. The van der Waals surface area contributed by atoms with E-state index in [-0.39, 0.29) is 12.0 Å². The van der Waals surface area contributed by atoms with Crippen molar-refractivity contribution in [1.82, 2.24) is 9.55 Å². The third-order valence-corrected chi connectivity index (χ3v) is 4.79. The molecule has 4 rings (SSSR count). The van der Waals surface area contributed by atoms with Crippen LogP contribution in [0.3, 0.4) is 0 Å². The topological polar surface area (TPSA) is 56.2 Å². The average Bonchev–Trinajstić information content (AvgIpc) is 3.33. The van der Waals surface area contributed by atoms with E-state index in [0.29, 0.717) is 0 Å². The van der Waals surface area contributed by atoms with Crippen molar-refractivity contribution in [2.24, 2.45) is 0 Å². The molecule has 1 amide bonds. The minimum atomic E-state index is -0.0730. The van der Waals surface area contributed by atoms with Crippen LogP contribution >= 0.6 is 0 Å². The van der Waals surface area contributed by atoms with Crippen LogP contribution in [0, 0.1) is 0 Å². The largest absolute Gasteiger partial charge is 0.376 e. The zero-order valence-electron chi connectivity index (χ0n) is 15.4. The Kier molecular flexibility index (Phi) is 5.03. The van der Waals surface area contributed by atoms with Gasteiger partial charge in [-0.25, -0.2) is 4.98 Å². The van der Waals surface area contributed by atoms with E-state index in [1.54, 1.807) is 0 Å². The number of nitrogens with zero attached hydrogens (tertiary/aromatic N) is 2. The third kappa shape index (κ3) is 3.93. The Labute approximate surface area is 159 Å². The Morgan fingerprint density at radius 3 is 2.59 bits per heavy atom. The van der Waals surface area contributed by atoms with Crippen molar-refractivity contribution in [3.05, 3.63) is 60.9 Å². The van der Waals surface area contributed by atoms with E-state index in [0.717, 1.165) is 54.2 Å². The minimum absolute atomic E-state index is 0.0730. The molecule has 1 N–H and O–H groups in total. The summed E-state index contributed by atoms with van der Waals surface area (Å²) < 4.78 is 8.02. The molecule has 0 bridgehead atoms. The lowest BCUT2D eigenvalue weighted by molar-refractivity contribution is -0.114. The second kappa shape index (κ2) is 7.76. The van der Waals surface area contributed by atoms with Crippen LogP contribution < -0.4 is 5.32 Å². The number of carbonyl (C=O) groups excluding carboxylic acids is 1. The molecule has 5 nitrogen and oxygen atoms in total. The lowest BCUT2D eigenvalue weighted by Crippen LogP contribution is -2.15. The number of anilines is 1. The smallest absolute Gasteiger partial charge is 0.221 e. The van der Waals surface area contributed by atoms with Crippen LogP contribution in [0.1, 0.15) is 19.8 Å². The number of rotatable bonds is 5. The Morgan fingerprint density at radius 1 is 1.15 bits per heavy atom. The van der Waals surface area contributed by atoms with Gasteiger partial charge in [0, 0.05) is 30.3 Å². The summed E-state index contributed by atoms with van der Waals surface area (Å²) in [6.07, 6.45) is 4.34.